The molecule has 1 fully saturated rings. The average molecular weight is 567 g/mol. The molecule has 1 aromatic heterocycles. The molecule has 6 rings (SSSR count). The van der Waals surface area contributed by atoms with Crippen molar-refractivity contribution in [1.29, 1.82) is 0 Å². The van der Waals surface area contributed by atoms with Gasteiger partial charge in [-0.2, -0.15) is 0 Å². The Hall–Kier alpha value is -4.63. The second-order valence-corrected chi connectivity index (χ2v) is 11.4. The minimum atomic E-state index is -0.323. The number of rotatable bonds is 7. The van der Waals surface area contributed by atoms with Crippen LogP contribution in [0, 0.1) is 6.92 Å². The van der Waals surface area contributed by atoms with Crippen molar-refractivity contribution in [2.45, 2.75) is 44.7 Å². The fourth-order valence-corrected chi connectivity index (χ4v) is 6.65. The highest BCUT2D eigenvalue weighted by Gasteiger charge is 2.33. The molecule has 4 aromatic rings. The van der Waals surface area contributed by atoms with Crippen LogP contribution in [-0.4, -0.2) is 29.9 Å². The van der Waals surface area contributed by atoms with Crippen LogP contribution in [-0.2, 0) is 4.79 Å². The summed E-state index contributed by atoms with van der Waals surface area (Å²) < 4.78 is 6.90. The van der Waals surface area contributed by atoms with Gasteiger partial charge in [0.2, 0.25) is 5.91 Å². The number of ether oxygens (including phenoxy) is 1. The Balaban J connectivity index is 1.24. The largest absolute Gasteiger partial charge is 0.457 e. The van der Waals surface area contributed by atoms with Crippen molar-refractivity contribution in [3.8, 4) is 11.5 Å². The number of nitrogens with zero attached hydrogens (tertiary/aromatic N) is 1. The van der Waals surface area contributed by atoms with Gasteiger partial charge in [-0.1, -0.05) is 30.8 Å². The van der Waals surface area contributed by atoms with Crippen molar-refractivity contribution < 1.29 is 19.1 Å². The molecule has 0 radical (unpaired) electrons. The van der Waals surface area contributed by atoms with Gasteiger partial charge in [0.25, 0.3) is 5.91 Å². The predicted octanol–water partition coefficient (Wildman–Crippen LogP) is 7.03. The molecule has 4 amide bonds. The summed E-state index contributed by atoms with van der Waals surface area (Å²) in [6, 6.07) is 20.8. The topological polar surface area (TPSA) is 99.8 Å². The smallest absolute Gasteiger partial charge is 0.331 e. The van der Waals surface area contributed by atoms with E-state index in [1.807, 2.05) is 73.7 Å². The quantitative estimate of drug-likeness (QED) is 0.209. The number of carbonyl (C=O) groups is 3. The van der Waals surface area contributed by atoms with Crippen molar-refractivity contribution >= 4 is 56.3 Å². The molecule has 9 heteroatoms. The van der Waals surface area contributed by atoms with Crippen molar-refractivity contribution in [2.24, 2.45) is 0 Å². The third-order valence-corrected chi connectivity index (χ3v) is 8.71. The van der Waals surface area contributed by atoms with Crippen LogP contribution in [0.15, 0.2) is 79.4 Å². The maximum atomic E-state index is 13.6. The molecule has 1 aliphatic heterocycles. The minimum absolute atomic E-state index is 0.00586. The van der Waals surface area contributed by atoms with Crippen LogP contribution in [0.3, 0.4) is 0 Å². The molecule has 41 heavy (non-hydrogen) atoms. The number of aryl methyl sites for hydroxylation is 1. The first-order valence-corrected chi connectivity index (χ1v) is 14.5. The van der Waals surface area contributed by atoms with Gasteiger partial charge in [0, 0.05) is 22.2 Å². The number of hydrogen-bond donors (Lipinski definition) is 3. The molecule has 0 atom stereocenters. The maximum absolute atomic E-state index is 13.6. The lowest BCUT2D eigenvalue weighted by Crippen LogP contribution is -2.43. The number of anilines is 3. The number of urea groups is 1. The summed E-state index contributed by atoms with van der Waals surface area (Å²) in [5, 5.41) is 9.95. The van der Waals surface area contributed by atoms with E-state index in [0.29, 0.717) is 16.3 Å². The van der Waals surface area contributed by atoms with E-state index in [1.165, 1.54) is 17.4 Å². The molecule has 208 valence electrons. The maximum Gasteiger partial charge on any atom is 0.331 e. The van der Waals surface area contributed by atoms with E-state index >= 15 is 0 Å². The van der Waals surface area contributed by atoms with Gasteiger partial charge in [-0.05, 0) is 86.7 Å². The zero-order valence-corrected chi connectivity index (χ0v) is 23.4. The highest BCUT2D eigenvalue weighted by molar-refractivity contribution is 7.21. The van der Waals surface area contributed by atoms with Crippen LogP contribution in [0.4, 0.5) is 21.9 Å². The second kappa shape index (κ2) is 11.1. The predicted molar refractivity (Wildman–Crippen MR) is 163 cm³/mol. The molecular formula is C32H30N4O4S. The Morgan fingerprint density at radius 1 is 0.951 bits per heavy atom. The normalized spacial score (nSPS) is 18.0. The Bertz CT molecular complexity index is 1660. The van der Waals surface area contributed by atoms with E-state index in [1.54, 1.807) is 4.90 Å². The standard InChI is InChI=1S/C32H30N4O4S/c1-3-27(37)33-20-12-14-21(15-13-20)34-31(38)30-29-28-25(10-7-11-26(28)41-30)36(32(39)35-29)24-17-16-23(18-19(24)2)40-22-8-5-4-6-9-22/h3-11,16-18,20-21H,1,12-15H2,2H3,(H,33,37)(H,34,38)(H,35,39)/t20-,21-. The zero-order chi connectivity index (χ0) is 28.5. The van der Waals surface area contributed by atoms with Crippen LogP contribution in [0.1, 0.15) is 40.9 Å². The first-order valence-electron chi connectivity index (χ1n) is 13.6. The molecule has 0 unspecified atom stereocenters. The van der Waals surface area contributed by atoms with Crippen molar-refractivity contribution in [3.63, 3.8) is 0 Å². The number of benzene rings is 3. The van der Waals surface area contributed by atoms with E-state index in [4.69, 9.17) is 4.74 Å². The van der Waals surface area contributed by atoms with Crippen LogP contribution >= 0.6 is 11.3 Å². The van der Waals surface area contributed by atoms with Crippen LogP contribution in [0.5, 0.6) is 11.5 Å². The van der Waals surface area contributed by atoms with Crippen LogP contribution in [0.25, 0.3) is 10.1 Å². The number of carbonyl (C=O) groups excluding carboxylic acids is 3. The number of amides is 4. The van der Waals surface area contributed by atoms with Gasteiger partial charge in [0.15, 0.2) is 0 Å². The van der Waals surface area contributed by atoms with Gasteiger partial charge in [-0.25, -0.2) is 4.79 Å². The highest BCUT2D eigenvalue weighted by Crippen LogP contribution is 2.47. The van der Waals surface area contributed by atoms with E-state index in [9.17, 15) is 14.4 Å². The fourth-order valence-electron chi connectivity index (χ4n) is 5.57. The summed E-state index contributed by atoms with van der Waals surface area (Å²) in [7, 11) is 0. The number of thiophene rings is 1. The summed E-state index contributed by atoms with van der Waals surface area (Å²) in [5.74, 6) is 1.05. The lowest BCUT2D eigenvalue weighted by molar-refractivity contribution is -0.117. The van der Waals surface area contributed by atoms with E-state index < -0.39 is 0 Å². The van der Waals surface area contributed by atoms with E-state index in [0.717, 1.165) is 58.5 Å². The van der Waals surface area contributed by atoms with Crippen molar-refractivity contribution in [1.82, 2.24) is 10.6 Å². The van der Waals surface area contributed by atoms with Gasteiger partial charge < -0.3 is 20.7 Å². The van der Waals surface area contributed by atoms with Crippen LogP contribution in [0.2, 0.25) is 0 Å². The molecule has 0 saturated heterocycles. The lowest BCUT2D eigenvalue weighted by atomic mass is 9.91. The molecule has 8 nitrogen and oxygen atoms in total. The highest BCUT2D eigenvalue weighted by atomic mass is 32.1. The second-order valence-electron chi connectivity index (χ2n) is 10.3. The first-order chi connectivity index (χ1) is 19.9. The molecule has 0 bridgehead atoms. The minimum Gasteiger partial charge on any atom is -0.457 e. The summed E-state index contributed by atoms with van der Waals surface area (Å²) in [6.07, 6.45) is 4.38. The Kier molecular flexibility index (Phi) is 7.19. The Morgan fingerprint density at radius 3 is 2.39 bits per heavy atom. The number of para-hydroxylation sites is 1. The van der Waals surface area contributed by atoms with Gasteiger partial charge >= 0.3 is 6.03 Å². The van der Waals surface area contributed by atoms with Crippen molar-refractivity contribution in [3.05, 3.63) is 89.8 Å². The SMILES string of the molecule is C=CC(=O)N[C@H]1CC[C@H](NC(=O)c2sc3cccc4c3c2NC(=O)N4c2ccc(Oc3ccccc3)cc2C)CC1. The molecule has 1 aliphatic carbocycles. The lowest BCUT2D eigenvalue weighted by Gasteiger charge is -2.30. The first kappa shape index (κ1) is 26.6. The number of nitrogens with one attached hydrogen (secondary N) is 3. The molecule has 3 aromatic carbocycles. The molecular weight excluding hydrogens is 536 g/mol. The van der Waals surface area contributed by atoms with Gasteiger partial charge in [-0.15, -0.1) is 11.3 Å². The van der Waals surface area contributed by atoms with E-state index in [-0.39, 0.29) is 29.9 Å². The molecule has 0 spiro atoms. The molecule has 1 saturated carbocycles. The summed E-state index contributed by atoms with van der Waals surface area (Å²) in [5.41, 5.74) is 2.89. The zero-order valence-electron chi connectivity index (χ0n) is 22.6. The third-order valence-electron chi connectivity index (χ3n) is 7.56. The van der Waals surface area contributed by atoms with Gasteiger partial charge in [0.05, 0.1) is 17.1 Å². The van der Waals surface area contributed by atoms with Gasteiger partial charge in [-0.3, -0.25) is 14.5 Å². The van der Waals surface area contributed by atoms with Crippen molar-refractivity contribution in [2.75, 3.05) is 10.2 Å². The monoisotopic (exact) mass is 566 g/mol. The summed E-state index contributed by atoms with van der Waals surface area (Å²) in [4.78, 5) is 40.8. The van der Waals surface area contributed by atoms with Crippen LogP contribution < -0.4 is 25.6 Å². The summed E-state index contributed by atoms with van der Waals surface area (Å²) >= 11 is 1.38. The Labute approximate surface area is 242 Å². The fraction of sp³-hybridized carbons (Fsp3) is 0.219. The number of hydrogen-bond acceptors (Lipinski definition) is 5. The molecule has 2 heterocycles. The molecule has 3 N–H and O–H groups in total. The summed E-state index contributed by atoms with van der Waals surface area (Å²) in [6.45, 7) is 5.45. The average Bonchev–Trinajstić information content (AvgIpc) is 3.35. The Morgan fingerprint density at radius 2 is 1.68 bits per heavy atom. The molecule has 2 aliphatic rings. The third kappa shape index (κ3) is 5.28. The van der Waals surface area contributed by atoms with E-state index in [2.05, 4.69) is 22.5 Å². The van der Waals surface area contributed by atoms with Gasteiger partial charge in [0.1, 0.15) is 16.4 Å².